The Bertz CT molecular complexity index is 902. The van der Waals surface area contributed by atoms with Gasteiger partial charge in [-0.2, -0.15) is 5.26 Å². The number of ether oxygens (including phenoxy) is 2. The predicted octanol–water partition coefficient (Wildman–Crippen LogP) is 3.80. The second-order valence-corrected chi connectivity index (χ2v) is 6.46. The minimum Gasteiger partial charge on any atom is -0.486 e. The summed E-state index contributed by atoms with van der Waals surface area (Å²) in [4.78, 5) is 10.9. The molecule has 2 aromatic rings. The Kier molecular flexibility index (Phi) is 4.09. The molecule has 1 heterocycles. The molecule has 0 spiro atoms. The summed E-state index contributed by atoms with van der Waals surface area (Å²) < 4.78 is 11.2. The van der Waals surface area contributed by atoms with Gasteiger partial charge in [-0.1, -0.05) is 6.07 Å². The zero-order valence-corrected chi connectivity index (χ0v) is 14.0. The van der Waals surface area contributed by atoms with Crippen LogP contribution >= 0.6 is 0 Å². The van der Waals surface area contributed by atoms with Gasteiger partial charge in [0, 0.05) is 6.07 Å². The van der Waals surface area contributed by atoms with Crippen LogP contribution in [0.5, 0.6) is 11.5 Å². The molecule has 1 atom stereocenters. The molecule has 4 rings (SSSR count). The van der Waals surface area contributed by atoms with E-state index in [0.717, 1.165) is 24.2 Å². The standard InChI is InChI=1S/C19H17N3O4/c20-11-12-1-5-15(16(9-12)22(23)24)21-19(13-2-3-13)14-4-6-17-18(10-14)26-8-7-25-17/h1,4-6,9-10,13,19,21H,2-3,7-8H2. The zero-order chi connectivity index (χ0) is 18.1. The van der Waals surface area contributed by atoms with Crippen LogP contribution in [0.1, 0.15) is 30.0 Å². The highest BCUT2D eigenvalue weighted by molar-refractivity contribution is 5.65. The molecule has 1 N–H and O–H groups in total. The monoisotopic (exact) mass is 351 g/mol. The zero-order valence-electron chi connectivity index (χ0n) is 14.0. The van der Waals surface area contributed by atoms with Crippen molar-refractivity contribution in [1.29, 1.82) is 5.26 Å². The Morgan fingerprint density at radius 3 is 2.62 bits per heavy atom. The normalized spacial score (nSPS) is 16.4. The molecule has 0 bridgehead atoms. The molecule has 0 aromatic heterocycles. The van der Waals surface area contributed by atoms with Crippen LogP contribution in [0.4, 0.5) is 11.4 Å². The Labute approximate surface area is 150 Å². The first-order valence-electron chi connectivity index (χ1n) is 8.50. The largest absolute Gasteiger partial charge is 0.486 e. The predicted molar refractivity (Wildman–Crippen MR) is 94.3 cm³/mol. The molecule has 1 aliphatic carbocycles. The van der Waals surface area contributed by atoms with E-state index in [9.17, 15) is 10.1 Å². The molecule has 0 saturated heterocycles. The molecule has 132 valence electrons. The van der Waals surface area contributed by atoms with E-state index in [4.69, 9.17) is 14.7 Å². The lowest BCUT2D eigenvalue weighted by molar-refractivity contribution is -0.384. The third-order valence-corrected chi connectivity index (χ3v) is 4.65. The summed E-state index contributed by atoms with van der Waals surface area (Å²) in [5.41, 5.74) is 1.60. The average molecular weight is 351 g/mol. The molecule has 7 nitrogen and oxygen atoms in total. The Morgan fingerprint density at radius 2 is 1.92 bits per heavy atom. The summed E-state index contributed by atoms with van der Waals surface area (Å²) in [6.07, 6.45) is 2.13. The molecule has 1 aliphatic heterocycles. The highest BCUT2D eigenvalue weighted by Gasteiger charge is 2.34. The van der Waals surface area contributed by atoms with Gasteiger partial charge >= 0.3 is 0 Å². The van der Waals surface area contributed by atoms with E-state index in [1.165, 1.54) is 6.07 Å². The fourth-order valence-corrected chi connectivity index (χ4v) is 3.20. The van der Waals surface area contributed by atoms with Crippen LogP contribution in [0.3, 0.4) is 0 Å². The first kappa shape index (κ1) is 16.2. The van der Waals surface area contributed by atoms with Gasteiger partial charge in [-0.15, -0.1) is 0 Å². The summed E-state index contributed by atoms with van der Waals surface area (Å²) in [7, 11) is 0. The van der Waals surface area contributed by atoms with Crippen molar-refractivity contribution in [2.45, 2.75) is 18.9 Å². The number of anilines is 1. The van der Waals surface area contributed by atoms with Gasteiger partial charge in [0.25, 0.3) is 5.69 Å². The van der Waals surface area contributed by atoms with E-state index in [-0.39, 0.29) is 17.3 Å². The van der Waals surface area contributed by atoms with Crippen LogP contribution in [-0.2, 0) is 0 Å². The second-order valence-electron chi connectivity index (χ2n) is 6.46. The number of fused-ring (bicyclic) bond motifs is 1. The molecular weight excluding hydrogens is 334 g/mol. The maximum absolute atomic E-state index is 11.4. The quantitative estimate of drug-likeness (QED) is 0.650. The number of hydrogen-bond donors (Lipinski definition) is 1. The molecule has 1 fully saturated rings. The van der Waals surface area contributed by atoms with Crippen LogP contribution in [0, 0.1) is 27.4 Å². The second kappa shape index (κ2) is 6.56. The van der Waals surface area contributed by atoms with Gasteiger partial charge in [0.15, 0.2) is 11.5 Å². The Balaban J connectivity index is 1.67. The van der Waals surface area contributed by atoms with E-state index in [1.807, 2.05) is 24.3 Å². The van der Waals surface area contributed by atoms with Gasteiger partial charge in [-0.3, -0.25) is 10.1 Å². The van der Waals surface area contributed by atoms with E-state index >= 15 is 0 Å². The molecule has 0 amide bonds. The molecule has 1 saturated carbocycles. The number of rotatable bonds is 5. The van der Waals surface area contributed by atoms with Crippen molar-refractivity contribution in [2.24, 2.45) is 5.92 Å². The fraction of sp³-hybridized carbons (Fsp3) is 0.316. The molecule has 0 radical (unpaired) electrons. The maximum Gasteiger partial charge on any atom is 0.293 e. The summed E-state index contributed by atoms with van der Waals surface area (Å²) in [6.45, 7) is 1.05. The fourth-order valence-electron chi connectivity index (χ4n) is 3.20. The van der Waals surface area contributed by atoms with Gasteiger partial charge in [0.05, 0.1) is 22.6 Å². The topological polar surface area (TPSA) is 97.4 Å². The molecule has 7 heteroatoms. The van der Waals surface area contributed by atoms with Gasteiger partial charge in [0.1, 0.15) is 18.9 Å². The van der Waals surface area contributed by atoms with E-state index in [0.29, 0.717) is 30.6 Å². The van der Waals surface area contributed by atoms with Crippen LogP contribution in [0.2, 0.25) is 0 Å². The van der Waals surface area contributed by atoms with E-state index in [2.05, 4.69) is 5.32 Å². The molecule has 26 heavy (non-hydrogen) atoms. The van der Waals surface area contributed by atoms with E-state index < -0.39 is 4.92 Å². The summed E-state index contributed by atoms with van der Waals surface area (Å²) in [6, 6.07) is 12.2. The van der Waals surface area contributed by atoms with Gasteiger partial charge in [-0.25, -0.2) is 0 Å². The molecular formula is C19H17N3O4. The van der Waals surface area contributed by atoms with Crippen LogP contribution < -0.4 is 14.8 Å². The molecule has 2 aromatic carbocycles. The Hall–Kier alpha value is -3.27. The SMILES string of the molecule is N#Cc1ccc(NC(c2ccc3c(c2)OCCO3)C2CC2)c([N+](=O)[O-])c1. The van der Waals surface area contributed by atoms with Crippen molar-refractivity contribution in [3.63, 3.8) is 0 Å². The van der Waals surface area contributed by atoms with E-state index in [1.54, 1.807) is 12.1 Å². The van der Waals surface area contributed by atoms with Crippen molar-refractivity contribution >= 4 is 11.4 Å². The third kappa shape index (κ3) is 3.14. The molecule has 2 aliphatic rings. The lowest BCUT2D eigenvalue weighted by Crippen LogP contribution is -2.17. The Morgan fingerprint density at radius 1 is 1.15 bits per heavy atom. The summed E-state index contributed by atoms with van der Waals surface area (Å²) >= 11 is 0. The number of nitrogens with zero attached hydrogens (tertiary/aromatic N) is 2. The smallest absolute Gasteiger partial charge is 0.293 e. The van der Waals surface area contributed by atoms with Crippen molar-refractivity contribution in [3.05, 3.63) is 57.6 Å². The number of nitrogens with one attached hydrogen (secondary N) is 1. The van der Waals surface area contributed by atoms with Crippen molar-refractivity contribution in [3.8, 4) is 17.6 Å². The minimum atomic E-state index is -0.461. The molecule has 1 unspecified atom stereocenters. The lowest BCUT2D eigenvalue weighted by Gasteiger charge is -2.23. The van der Waals surface area contributed by atoms with Crippen molar-refractivity contribution in [1.82, 2.24) is 0 Å². The van der Waals surface area contributed by atoms with Crippen LogP contribution in [0.25, 0.3) is 0 Å². The highest BCUT2D eigenvalue weighted by atomic mass is 16.6. The van der Waals surface area contributed by atoms with Gasteiger partial charge in [0.2, 0.25) is 0 Å². The lowest BCUT2D eigenvalue weighted by atomic mass is 10.0. The first-order valence-corrected chi connectivity index (χ1v) is 8.50. The summed E-state index contributed by atoms with van der Waals surface area (Å²) in [5, 5.41) is 23.7. The first-order chi connectivity index (χ1) is 12.7. The van der Waals surface area contributed by atoms with Crippen LogP contribution in [0.15, 0.2) is 36.4 Å². The van der Waals surface area contributed by atoms with Gasteiger partial charge in [-0.05, 0) is 48.6 Å². The van der Waals surface area contributed by atoms with Gasteiger partial charge < -0.3 is 14.8 Å². The average Bonchev–Trinajstić information content (AvgIpc) is 3.50. The maximum atomic E-state index is 11.4. The number of benzene rings is 2. The number of nitriles is 1. The van der Waals surface area contributed by atoms with Crippen molar-refractivity contribution in [2.75, 3.05) is 18.5 Å². The minimum absolute atomic E-state index is 0.0579. The van der Waals surface area contributed by atoms with Crippen molar-refractivity contribution < 1.29 is 14.4 Å². The highest BCUT2D eigenvalue weighted by Crippen LogP contribution is 2.45. The van der Waals surface area contributed by atoms with Crippen LogP contribution in [-0.4, -0.2) is 18.1 Å². The number of nitro benzene ring substituents is 1. The summed E-state index contributed by atoms with van der Waals surface area (Å²) in [5.74, 6) is 1.84. The third-order valence-electron chi connectivity index (χ3n) is 4.65. The number of hydrogen-bond acceptors (Lipinski definition) is 6. The number of nitro groups is 1.